The van der Waals surface area contributed by atoms with E-state index < -0.39 is 18.7 Å². The van der Waals surface area contributed by atoms with E-state index >= 15 is 0 Å². The van der Waals surface area contributed by atoms with Crippen molar-refractivity contribution >= 4 is 17.5 Å². The van der Waals surface area contributed by atoms with E-state index in [2.05, 4.69) is 15.0 Å². The standard InChI is InChI=1S/C19H18F3N3O3/c20-19(21,22)12-28-18-15(3-1-9-23-18)17(27)24-11-13-5-7-14(8-6-13)25-10-2-4-16(25)26/h1,3,5-9H,2,4,10-12H2,(H,24,27). The summed E-state index contributed by atoms with van der Waals surface area (Å²) in [6.45, 7) is -0.668. The van der Waals surface area contributed by atoms with Crippen molar-refractivity contribution in [3.05, 3.63) is 53.7 Å². The van der Waals surface area contributed by atoms with Crippen molar-refractivity contribution in [2.45, 2.75) is 25.6 Å². The SMILES string of the molecule is O=C(NCc1ccc(N2CCCC2=O)cc1)c1cccnc1OCC(F)(F)F. The molecule has 28 heavy (non-hydrogen) atoms. The first kappa shape index (κ1) is 19.7. The van der Waals surface area contributed by atoms with Gasteiger partial charge in [-0.1, -0.05) is 12.1 Å². The molecule has 2 heterocycles. The van der Waals surface area contributed by atoms with Gasteiger partial charge in [0, 0.05) is 31.4 Å². The Bertz CT molecular complexity index is 853. The second kappa shape index (κ2) is 8.28. The first-order valence-electron chi connectivity index (χ1n) is 8.65. The quantitative estimate of drug-likeness (QED) is 0.819. The van der Waals surface area contributed by atoms with Gasteiger partial charge in [0.25, 0.3) is 5.91 Å². The molecule has 0 atom stereocenters. The van der Waals surface area contributed by atoms with Gasteiger partial charge in [-0.2, -0.15) is 13.2 Å². The van der Waals surface area contributed by atoms with E-state index in [0.717, 1.165) is 17.7 Å². The highest BCUT2D eigenvalue weighted by molar-refractivity contribution is 5.96. The highest BCUT2D eigenvalue weighted by Crippen LogP contribution is 2.22. The number of hydrogen-bond acceptors (Lipinski definition) is 4. The average molecular weight is 393 g/mol. The van der Waals surface area contributed by atoms with Gasteiger partial charge in [0.1, 0.15) is 5.56 Å². The van der Waals surface area contributed by atoms with Gasteiger partial charge in [-0.05, 0) is 36.2 Å². The van der Waals surface area contributed by atoms with E-state index in [1.54, 1.807) is 29.2 Å². The lowest BCUT2D eigenvalue weighted by Gasteiger charge is -2.16. The Morgan fingerprint density at radius 2 is 1.96 bits per heavy atom. The van der Waals surface area contributed by atoms with Crippen molar-refractivity contribution in [2.24, 2.45) is 0 Å². The molecule has 1 aliphatic rings. The van der Waals surface area contributed by atoms with E-state index in [9.17, 15) is 22.8 Å². The summed E-state index contributed by atoms with van der Waals surface area (Å²) in [5.74, 6) is -0.881. The molecule has 1 saturated heterocycles. The van der Waals surface area contributed by atoms with E-state index in [1.165, 1.54) is 18.3 Å². The van der Waals surface area contributed by atoms with E-state index in [4.69, 9.17) is 0 Å². The zero-order valence-electron chi connectivity index (χ0n) is 14.8. The summed E-state index contributed by atoms with van der Waals surface area (Å²) in [6.07, 6.45) is -1.90. The number of carbonyl (C=O) groups is 2. The molecular formula is C19H18F3N3O3. The minimum absolute atomic E-state index is 0.0777. The Balaban J connectivity index is 1.60. The number of amides is 2. The van der Waals surface area contributed by atoms with E-state index in [0.29, 0.717) is 13.0 Å². The summed E-state index contributed by atoms with van der Waals surface area (Å²) in [4.78, 5) is 29.5. The Morgan fingerprint density at radius 3 is 2.61 bits per heavy atom. The molecule has 148 valence electrons. The number of nitrogens with one attached hydrogen (secondary N) is 1. The van der Waals surface area contributed by atoms with Crippen LogP contribution in [0.2, 0.25) is 0 Å². The lowest BCUT2D eigenvalue weighted by atomic mass is 10.2. The predicted octanol–water partition coefficient (Wildman–Crippen LogP) is 3.08. The maximum absolute atomic E-state index is 12.3. The van der Waals surface area contributed by atoms with Crippen LogP contribution in [0.25, 0.3) is 0 Å². The molecule has 0 saturated carbocycles. The van der Waals surface area contributed by atoms with Gasteiger partial charge in [0.2, 0.25) is 11.8 Å². The van der Waals surface area contributed by atoms with Crippen LogP contribution in [0.4, 0.5) is 18.9 Å². The topological polar surface area (TPSA) is 71.5 Å². The van der Waals surface area contributed by atoms with Crippen molar-refractivity contribution in [3.63, 3.8) is 0 Å². The number of ether oxygens (including phenoxy) is 1. The molecule has 1 N–H and O–H groups in total. The van der Waals surface area contributed by atoms with E-state index in [1.807, 2.05) is 0 Å². The fourth-order valence-electron chi connectivity index (χ4n) is 2.82. The number of carbonyl (C=O) groups excluding carboxylic acids is 2. The van der Waals surface area contributed by atoms with Crippen molar-refractivity contribution in [3.8, 4) is 5.88 Å². The Labute approximate surface area is 159 Å². The maximum Gasteiger partial charge on any atom is 0.422 e. The van der Waals surface area contributed by atoms with Crippen molar-refractivity contribution < 1.29 is 27.5 Å². The minimum atomic E-state index is -4.52. The largest absolute Gasteiger partial charge is 0.467 e. The monoisotopic (exact) mass is 393 g/mol. The second-order valence-corrected chi connectivity index (χ2v) is 6.26. The summed E-state index contributed by atoms with van der Waals surface area (Å²) in [6, 6.07) is 9.95. The maximum atomic E-state index is 12.3. The summed E-state index contributed by atoms with van der Waals surface area (Å²) < 4.78 is 41.6. The summed E-state index contributed by atoms with van der Waals surface area (Å²) in [5, 5.41) is 2.63. The number of benzene rings is 1. The second-order valence-electron chi connectivity index (χ2n) is 6.26. The number of rotatable bonds is 6. The number of aromatic nitrogens is 1. The Hall–Kier alpha value is -3.10. The van der Waals surface area contributed by atoms with Crippen LogP contribution in [-0.4, -0.2) is 36.1 Å². The van der Waals surface area contributed by atoms with Crippen molar-refractivity contribution in [1.82, 2.24) is 10.3 Å². The van der Waals surface area contributed by atoms with Gasteiger partial charge in [0.05, 0.1) is 0 Å². The highest BCUT2D eigenvalue weighted by atomic mass is 19.4. The number of anilines is 1. The highest BCUT2D eigenvalue weighted by Gasteiger charge is 2.29. The van der Waals surface area contributed by atoms with Crippen LogP contribution >= 0.6 is 0 Å². The Morgan fingerprint density at radius 1 is 1.21 bits per heavy atom. The van der Waals surface area contributed by atoms with Gasteiger partial charge in [-0.25, -0.2) is 4.98 Å². The van der Waals surface area contributed by atoms with Gasteiger partial charge in [-0.15, -0.1) is 0 Å². The molecule has 1 aromatic heterocycles. The average Bonchev–Trinajstić information content (AvgIpc) is 3.10. The molecule has 3 rings (SSSR count). The zero-order valence-corrected chi connectivity index (χ0v) is 14.8. The molecule has 6 nitrogen and oxygen atoms in total. The fourth-order valence-corrected chi connectivity index (χ4v) is 2.82. The number of alkyl halides is 3. The van der Waals surface area contributed by atoms with Crippen LogP contribution in [0.3, 0.4) is 0 Å². The third kappa shape index (κ3) is 4.99. The first-order chi connectivity index (χ1) is 13.3. The van der Waals surface area contributed by atoms with Crippen LogP contribution in [-0.2, 0) is 11.3 Å². The third-order valence-corrected chi connectivity index (χ3v) is 4.16. The molecule has 1 aliphatic heterocycles. The molecule has 0 radical (unpaired) electrons. The number of pyridine rings is 1. The summed E-state index contributed by atoms with van der Waals surface area (Å²) >= 11 is 0. The molecular weight excluding hydrogens is 375 g/mol. The molecule has 0 aliphatic carbocycles. The molecule has 0 unspecified atom stereocenters. The summed E-state index contributed by atoms with van der Waals surface area (Å²) in [5.41, 5.74) is 1.50. The Kier molecular flexibility index (Phi) is 5.81. The molecule has 0 spiro atoms. The molecule has 1 fully saturated rings. The third-order valence-electron chi connectivity index (χ3n) is 4.16. The normalized spacial score (nSPS) is 14.2. The predicted molar refractivity (Wildman–Crippen MR) is 95.0 cm³/mol. The van der Waals surface area contributed by atoms with Crippen LogP contribution in [0.15, 0.2) is 42.6 Å². The van der Waals surface area contributed by atoms with E-state index in [-0.39, 0.29) is 23.9 Å². The minimum Gasteiger partial charge on any atom is -0.467 e. The van der Waals surface area contributed by atoms with Crippen LogP contribution in [0.1, 0.15) is 28.8 Å². The molecule has 2 aromatic rings. The van der Waals surface area contributed by atoms with Gasteiger partial charge in [0.15, 0.2) is 6.61 Å². The van der Waals surface area contributed by atoms with Crippen molar-refractivity contribution in [1.29, 1.82) is 0 Å². The smallest absolute Gasteiger partial charge is 0.422 e. The van der Waals surface area contributed by atoms with Gasteiger partial charge >= 0.3 is 6.18 Å². The van der Waals surface area contributed by atoms with Gasteiger partial charge < -0.3 is 15.0 Å². The lowest BCUT2D eigenvalue weighted by Crippen LogP contribution is -2.26. The molecule has 2 amide bonds. The molecule has 0 bridgehead atoms. The van der Waals surface area contributed by atoms with Crippen LogP contribution in [0, 0.1) is 0 Å². The molecule has 9 heteroatoms. The van der Waals surface area contributed by atoms with Gasteiger partial charge in [-0.3, -0.25) is 9.59 Å². The zero-order chi connectivity index (χ0) is 20.1. The molecule has 1 aromatic carbocycles. The fraction of sp³-hybridized carbons (Fsp3) is 0.316. The first-order valence-corrected chi connectivity index (χ1v) is 8.65. The number of halogens is 3. The lowest BCUT2D eigenvalue weighted by molar-refractivity contribution is -0.154. The van der Waals surface area contributed by atoms with Crippen LogP contribution in [0.5, 0.6) is 5.88 Å². The number of nitrogens with zero attached hydrogens (tertiary/aromatic N) is 2. The van der Waals surface area contributed by atoms with Crippen LogP contribution < -0.4 is 15.0 Å². The number of hydrogen-bond donors (Lipinski definition) is 1. The van der Waals surface area contributed by atoms with Crippen molar-refractivity contribution in [2.75, 3.05) is 18.1 Å². The summed E-state index contributed by atoms with van der Waals surface area (Å²) in [7, 11) is 0.